The second-order valence-electron chi connectivity index (χ2n) is 12.1. The van der Waals surface area contributed by atoms with Gasteiger partial charge in [-0.3, -0.25) is 14.5 Å². The summed E-state index contributed by atoms with van der Waals surface area (Å²) in [5, 5.41) is 9.21. The van der Waals surface area contributed by atoms with E-state index >= 15 is 0 Å². The molecule has 8 rings (SSSR count). The Labute approximate surface area is 269 Å². The van der Waals surface area contributed by atoms with Crippen LogP contribution in [0.5, 0.6) is 0 Å². The summed E-state index contributed by atoms with van der Waals surface area (Å²) < 4.78 is 15.5. The van der Waals surface area contributed by atoms with Crippen molar-refractivity contribution in [1.82, 2.24) is 44.4 Å². The van der Waals surface area contributed by atoms with Crippen LogP contribution in [-0.2, 0) is 6.54 Å². The average molecular weight is 625 g/mol. The highest BCUT2D eigenvalue weighted by atomic mass is 19.1. The minimum absolute atomic E-state index is 0.206. The van der Waals surface area contributed by atoms with E-state index in [1.54, 1.807) is 24.7 Å². The van der Waals surface area contributed by atoms with Crippen LogP contribution in [0.25, 0.3) is 39.8 Å². The first-order valence-electron chi connectivity index (χ1n) is 15.4. The lowest BCUT2D eigenvalue weighted by molar-refractivity contribution is 0.270. The normalized spacial score (nSPS) is 17.9. The van der Waals surface area contributed by atoms with Gasteiger partial charge in [-0.25, -0.2) is 34.3 Å². The summed E-state index contributed by atoms with van der Waals surface area (Å²) in [5.74, 6) is 1.53. The van der Waals surface area contributed by atoms with E-state index in [0.717, 1.165) is 63.3 Å². The maximum atomic E-state index is 13.6. The van der Waals surface area contributed by atoms with Crippen LogP contribution in [0.1, 0.15) is 24.2 Å². The van der Waals surface area contributed by atoms with E-state index in [-0.39, 0.29) is 11.2 Å². The molecule has 232 valence electrons. The van der Waals surface area contributed by atoms with Crippen LogP contribution < -0.4 is 10.6 Å². The molecule has 2 aliphatic heterocycles. The van der Waals surface area contributed by atoms with Crippen molar-refractivity contribution < 1.29 is 4.39 Å². The van der Waals surface area contributed by atoms with Crippen molar-refractivity contribution in [2.75, 3.05) is 36.8 Å². The van der Waals surface area contributed by atoms with Crippen molar-refractivity contribution in [2.45, 2.75) is 19.4 Å². The standard InChI is InChI=1S/C34H29FN12/c35-23-5-8-26(40-17-23)27-18-41-31-33(42-27)47(32(44-31)25-2-1-12-39-30(25)37)24-6-3-22(4-7-24)19-45-14-10-34(20-45)11-15-46(21-34)29-9-13-38-28(16-36)43-29/h1-9,12-13,17-18H,10-11,14-15,19-21H2,(H2,37,39)/t34-/m1/s1. The van der Waals surface area contributed by atoms with E-state index in [2.05, 4.69) is 59.0 Å². The molecule has 2 aliphatic rings. The zero-order valence-electron chi connectivity index (χ0n) is 25.3. The lowest BCUT2D eigenvalue weighted by atomic mass is 9.86. The number of nitrogen functional groups attached to an aromatic ring is 1. The topological polar surface area (TPSA) is 151 Å². The van der Waals surface area contributed by atoms with Crippen LogP contribution in [0.4, 0.5) is 16.0 Å². The van der Waals surface area contributed by atoms with Gasteiger partial charge in [0, 0.05) is 49.7 Å². The number of rotatable bonds is 6. The number of imidazole rings is 1. The van der Waals surface area contributed by atoms with Crippen LogP contribution in [0.2, 0.25) is 0 Å². The molecule has 13 heteroatoms. The summed E-state index contributed by atoms with van der Waals surface area (Å²) in [6, 6.07) is 18.9. The fourth-order valence-electron chi connectivity index (χ4n) is 6.75. The van der Waals surface area contributed by atoms with Crippen molar-refractivity contribution in [3.63, 3.8) is 0 Å². The third-order valence-electron chi connectivity index (χ3n) is 9.06. The average Bonchev–Trinajstić information content (AvgIpc) is 3.82. The van der Waals surface area contributed by atoms with E-state index in [1.165, 1.54) is 11.6 Å². The van der Waals surface area contributed by atoms with Crippen molar-refractivity contribution in [3.05, 3.63) is 96.6 Å². The minimum atomic E-state index is -0.422. The molecule has 0 amide bonds. The zero-order valence-corrected chi connectivity index (χ0v) is 25.3. The van der Waals surface area contributed by atoms with Gasteiger partial charge < -0.3 is 10.6 Å². The van der Waals surface area contributed by atoms with Crippen molar-refractivity contribution in [1.29, 1.82) is 5.26 Å². The smallest absolute Gasteiger partial charge is 0.234 e. The van der Waals surface area contributed by atoms with Gasteiger partial charge in [0.15, 0.2) is 17.1 Å². The number of likely N-dealkylation sites (tertiary alicyclic amines) is 1. The molecule has 1 aromatic carbocycles. The Bertz CT molecular complexity index is 2140. The quantitative estimate of drug-likeness (QED) is 0.280. The molecule has 7 heterocycles. The van der Waals surface area contributed by atoms with Gasteiger partial charge in [0.1, 0.15) is 29.2 Å². The molecule has 1 atom stereocenters. The molecule has 2 fully saturated rings. The van der Waals surface area contributed by atoms with Gasteiger partial charge in [0.25, 0.3) is 0 Å². The van der Waals surface area contributed by atoms with E-state index in [4.69, 9.17) is 15.7 Å². The van der Waals surface area contributed by atoms with Gasteiger partial charge in [0.2, 0.25) is 5.82 Å². The molecule has 0 unspecified atom stereocenters. The van der Waals surface area contributed by atoms with Crippen LogP contribution in [0, 0.1) is 22.6 Å². The molecule has 2 saturated heterocycles. The Morgan fingerprint density at radius 1 is 0.851 bits per heavy atom. The summed E-state index contributed by atoms with van der Waals surface area (Å²) in [6.45, 7) is 4.72. The van der Waals surface area contributed by atoms with E-state index < -0.39 is 5.82 Å². The first-order chi connectivity index (χ1) is 23.0. The Morgan fingerprint density at radius 2 is 1.72 bits per heavy atom. The summed E-state index contributed by atoms with van der Waals surface area (Å²) in [7, 11) is 0. The van der Waals surface area contributed by atoms with Crippen LogP contribution >= 0.6 is 0 Å². The Hall–Kier alpha value is -5.87. The van der Waals surface area contributed by atoms with E-state index in [9.17, 15) is 9.65 Å². The Kier molecular flexibility index (Phi) is 6.99. The fraction of sp³-hybridized carbons (Fsp3) is 0.235. The monoisotopic (exact) mass is 624 g/mol. The third kappa shape index (κ3) is 5.38. The maximum Gasteiger partial charge on any atom is 0.234 e. The predicted octanol–water partition coefficient (Wildman–Crippen LogP) is 4.42. The molecule has 2 N–H and O–H groups in total. The predicted molar refractivity (Wildman–Crippen MR) is 173 cm³/mol. The number of hydrogen-bond acceptors (Lipinski definition) is 11. The molecule has 0 aliphatic carbocycles. The SMILES string of the molecule is N#Cc1nccc(N2CC[C@@]3(CCN(Cc4ccc(-n5c(-c6cccnc6N)nc6ncc(-c7ccc(F)cn7)nc65)cc4)C3)C2)n1. The van der Waals surface area contributed by atoms with Gasteiger partial charge >= 0.3 is 0 Å². The van der Waals surface area contributed by atoms with Crippen molar-refractivity contribution in [2.24, 2.45) is 5.41 Å². The molecule has 1 spiro atoms. The molecule has 47 heavy (non-hydrogen) atoms. The van der Waals surface area contributed by atoms with Gasteiger partial charge in [-0.2, -0.15) is 5.26 Å². The van der Waals surface area contributed by atoms with Gasteiger partial charge in [0.05, 0.1) is 23.7 Å². The number of aromatic nitrogens is 8. The number of fused-ring (bicyclic) bond motifs is 1. The Balaban J connectivity index is 1.06. The highest BCUT2D eigenvalue weighted by Crippen LogP contribution is 2.41. The van der Waals surface area contributed by atoms with Crippen LogP contribution in [-0.4, -0.2) is 70.5 Å². The largest absolute Gasteiger partial charge is 0.383 e. The van der Waals surface area contributed by atoms with Crippen molar-refractivity contribution >= 4 is 22.9 Å². The van der Waals surface area contributed by atoms with Gasteiger partial charge in [-0.15, -0.1) is 0 Å². The molecule has 12 nitrogen and oxygen atoms in total. The summed E-state index contributed by atoms with van der Waals surface area (Å²) >= 11 is 0. The number of hydrogen-bond donors (Lipinski definition) is 1. The summed E-state index contributed by atoms with van der Waals surface area (Å²) in [6.07, 6.45) is 8.27. The summed E-state index contributed by atoms with van der Waals surface area (Å²) in [4.78, 5) is 35.9. The maximum absolute atomic E-state index is 13.6. The second kappa shape index (κ2) is 11.5. The Morgan fingerprint density at radius 3 is 2.53 bits per heavy atom. The van der Waals surface area contributed by atoms with Gasteiger partial charge in [-0.05, 0) is 67.4 Å². The first-order valence-corrected chi connectivity index (χ1v) is 15.4. The number of nitrogens with two attached hydrogens (primary N) is 1. The number of pyridine rings is 2. The molecule has 0 saturated carbocycles. The number of benzene rings is 1. The highest BCUT2D eigenvalue weighted by Gasteiger charge is 2.43. The molecular weight excluding hydrogens is 595 g/mol. The molecule has 5 aromatic heterocycles. The molecular formula is C34H29FN12. The number of anilines is 2. The van der Waals surface area contributed by atoms with Crippen LogP contribution in [0.3, 0.4) is 0 Å². The van der Waals surface area contributed by atoms with E-state index in [1.807, 2.05) is 28.8 Å². The molecule has 0 radical (unpaired) electrons. The van der Waals surface area contributed by atoms with Crippen molar-refractivity contribution in [3.8, 4) is 34.5 Å². The second-order valence-corrected chi connectivity index (χ2v) is 12.1. The van der Waals surface area contributed by atoms with Crippen LogP contribution in [0.15, 0.2) is 79.4 Å². The van der Waals surface area contributed by atoms with E-state index in [0.29, 0.717) is 39.9 Å². The lowest BCUT2D eigenvalue weighted by Crippen LogP contribution is -2.31. The number of nitriles is 1. The van der Waals surface area contributed by atoms with Gasteiger partial charge in [-0.1, -0.05) is 12.1 Å². The summed E-state index contributed by atoms with van der Waals surface area (Å²) in [5.41, 5.74) is 11.2. The highest BCUT2D eigenvalue weighted by molar-refractivity contribution is 5.81. The lowest BCUT2D eigenvalue weighted by Gasteiger charge is -2.25. The molecule has 6 aromatic rings. The first kappa shape index (κ1) is 28.6. The zero-order chi connectivity index (χ0) is 32.0. The molecule has 0 bridgehead atoms. The number of halogens is 1. The fourth-order valence-corrected chi connectivity index (χ4v) is 6.75. The number of nitrogens with zero attached hydrogens (tertiary/aromatic N) is 11. The third-order valence-corrected chi connectivity index (χ3v) is 9.06. The minimum Gasteiger partial charge on any atom is -0.383 e.